The first kappa shape index (κ1) is 18.7. The molecule has 0 N–H and O–H groups in total. The molecule has 0 fully saturated rings. The summed E-state index contributed by atoms with van der Waals surface area (Å²) in [6.45, 7) is 2.85. The lowest BCUT2D eigenvalue weighted by Gasteiger charge is -2.15. The summed E-state index contributed by atoms with van der Waals surface area (Å²) in [5, 5.41) is 0. The molecule has 7 heteroatoms. The SMILES string of the molecule is CCCn1cnc2c1c(=O)n(Cc1ccccc1)c(=O)n2-c1ccccc1OC. The zero-order valence-corrected chi connectivity index (χ0v) is 16.4. The predicted molar refractivity (Wildman–Crippen MR) is 112 cm³/mol. The highest BCUT2D eigenvalue weighted by molar-refractivity contribution is 5.73. The number of hydrogen-bond donors (Lipinski definition) is 0. The maximum Gasteiger partial charge on any atom is 0.337 e. The van der Waals surface area contributed by atoms with Crippen molar-refractivity contribution in [2.75, 3.05) is 7.11 Å². The van der Waals surface area contributed by atoms with Gasteiger partial charge in [0.15, 0.2) is 11.2 Å². The van der Waals surface area contributed by atoms with Gasteiger partial charge < -0.3 is 9.30 Å². The van der Waals surface area contributed by atoms with Gasteiger partial charge in [-0.3, -0.25) is 9.36 Å². The van der Waals surface area contributed by atoms with Crippen LogP contribution in [-0.4, -0.2) is 25.8 Å². The van der Waals surface area contributed by atoms with Crippen LogP contribution in [0.4, 0.5) is 0 Å². The Labute approximate surface area is 167 Å². The number of ether oxygens (including phenoxy) is 1. The van der Waals surface area contributed by atoms with E-state index >= 15 is 0 Å². The van der Waals surface area contributed by atoms with E-state index in [2.05, 4.69) is 4.98 Å². The Kier molecular flexibility index (Phi) is 5.03. The fourth-order valence-electron chi connectivity index (χ4n) is 3.53. The van der Waals surface area contributed by atoms with E-state index in [9.17, 15) is 9.59 Å². The van der Waals surface area contributed by atoms with Gasteiger partial charge in [-0.05, 0) is 24.1 Å². The number of hydrogen-bond acceptors (Lipinski definition) is 4. The maximum absolute atomic E-state index is 13.5. The van der Waals surface area contributed by atoms with E-state index in [0.29, 0.717) is 29.1 Å². The molecule has 0 aliphatic heterocycles. The summed E-state index contributed by atoms with van der Waals surface area (Å²) in [6.07, 6.45) is 2.46. The molecule has 2 aromatic carbocycles. The van der Waals surface area contributed by atoms with Crippen molar-refractivity contribution in [2.24, 2.45) is 0 Å². The van der Waals surface area contributed by atoms with Crippen molar-refractivity contribution in [1.29, 1.82) is 0 Å². The van der Waals surface area contributed by atoms with Crippen LogP contribution in [0.15, 0.2) is 70.5 Å². The maximum atomic E-state index is 13.5. The van der Waals surface area contributed by atoms with Crippen LogP contribution < -0.4 is 16.0 Å². The third-order valence-corrected chi connectivity index (χ3v) is 4.87. The van der Waals surface area contributed by atoms with E-state index in [4.69, 9.17) is 4.74 Å². The number of rotatable bonds is 6. The van der Waals surface area contributed by atoms with Crippen LogP contribution in [0, 0.1) is 0 Å². The third-order valence-electron chi connectivity index (χ3n) is 4.87. The van der Waals surface area contributed by atoms with E-state index in [1.54, 1.807) is 25.6 Å². The fraction of sp³-hybridized carbons (Fsp3) is 0.227. The van der Waals surface area contributed by atoms with Gasteiger partial charge in [0.2, 0.25) is 0 Å². The monoisotopic (exact) mass is 390 g/mol. The molecular formula is C22H22N4O3. The normalized spacial score (nSPS) is 11.1. The van der Waals surface area contributed by atoms with Gasteiger partial charge in [-0.1, -0.05) is 49.4 Å². The van der Waals surface area contributed by atoms with Crippen molar-refractivity contribution in [3.63, 3.8) is 0 Å². The molecule has 2 aromatic heterocycles. The van der Waals surface area contributed by atoms with Gasteiger partial charge in [-0.15, -0.1) is 0 Å². The predicted octanol–water partition coefficient (Wildman–Crippen LogP) is 2.82. The average molecular weight is 390 g/mol. The van der Waals surface area contributed by atoms with Gasteiger partial charge in [-0.25, -0.2) is 14.3 Å². The summed E-state index contributed by atoms with van der Waals surface area (Å²) in [6, 6.07) is 16.7. The molecule has 4 rings (SSSR count). The first-order chi connectivity index (χ1) is 14.2. The molecule has 7 nitrogen and oxygen atoms in total. The Balaban J connectivity index is 2.07. The van der Waals surface area contributed by atoms with Crippen LogP contribution in [0.2, 0.25) is 0 Å². The molecule has 0 unspecified atom stereocenters. The molecule has 0 saturated carbocycles. The van der Waals surface area contributed by atoms with Crippen molar-refractivity contribution < 1.29 is 4.74 Å². The van der Waals surface area contributed by atoms with Crippen molar-refractivity contribution >= 4 is 11.2 Å². The molecule has 0 amide bonds. The molecule has 0 spiro atoms. The highest BCUT2D eigenvalue weighted by atomic mass is 16.5. The standard InChI is InChI=1S/C22H22N4O3/c1-3-13-24-15-23-20-19(24)21(27)25(14-16-9-5-4-6-10-16)22(28)26(20)17-11-7-8-12-18(17)29-2/h4-12,15H,3,13-14H2,1-2H3. The van der Waals surface area contributed by atoms with Crippen LogP contribution >= 0.6 is 0 Å². The molecule has 0 aliphatic rings. The molecule has 2 heterocycles. The highest BCUT2D eigenvalue weighted by Crippen LogP contribution is 2.23. The second kappa shape index (κ2) is 7.79. The lowest BCUT2D eigenvalue weighted by Crippen LogP contribution is -2.40. The molecule has 148 valence electrons. The summed E-state index contributed by atoms with van der Waals surface area (Å²) < 4.78 is 10.00. The first-order valence-electron chi connectivity index (χ1n) is 9.53. The third kappa shape index (κ3) is 3.24. The molecule has 0 atom stereocenters. The topological polar surface area (TPSA) is 71.0 Å². The molecule has 0 saturated heterocycles. The fourth-order valence-corrected chi connectivity index (χ4v) is 3.53. The van der Waals surface area contributed by atoms with Gasteiger partial charge in [0.1, 0.15) is 5.75 Å². The molecule has 4 aromatic rings. The van der Waals surface area contributed by atoms with E-state index in [0.717, 1.165) is 12.0 Å². The Morgan fingerprint density at radius 2 is 1.72 bits per heavy atom. The number of para-hydroxylation sites is 2. The quantitative estimate of drug-likeness (QED) is 0.508. The Hall–Kier alpha value is -3.61. The second-order valence-electron chi connectivity index (χ2n) is 6.78. The van der Waals surface area contributed by atoms with Crippen LogP contribution in [0.1, 0.15) is 18.9 Å². The molecule has 0 radical (unpaired) electrons. The van der Waals surface area contributed by atoms with Crippen LogP contribution in [0.25, 0.3) is 16.9 Å². The number of aryl methyl sites for hydroxylation is 1. The smallest absolute Gasteiger partial charge is 0.337 e. The van der Waals surface area contributed by atoms with E-state index in [1.165, 1.54) is 9.13 Å². The molecule has 0 aliphatic carbocycles. The molecule has 29 heavy (non-hydrogen) atoms. The largest absolute Gasteiger partial charge is 0.495 e. The number of benzene rings is 2. The number of methoxy groups -OCH3 is 1. The van der Waals surface area contributed by atoms with Crippen molar-refractivity contribution in [3.8, 4) is 11.4 Å². The van der Waals surface area contributed by atoms with Gasteiger partial charge >= 0.3 is 5.69 Å². The number of nitrogens with zero attached hydrogens (tertiary/aromatic N) is 4. The molecular weight excluding hydrogens is 368 g/mol. The van der Waals surface area contributed by atoms with E-state index < -0.39 is 5.69 Å². The Morgan fingerprint density at radius 1 is 1.00 bits per heavy atom. The minimum absolute atomic E-state index is 0.181. The zero-order valence-electron chi connectivity index (χ0n) is 16.4. The second-order valence-corrected chi connectivity index (χ2v) is 6.78. The minimum atomic E-state index is -0.447. The van der Waals surface area contributed by atoms with Gasteiger partial charge in [0, 0.05) is 6.54 Å². The summed E-state index contributed by atoms with van der Waals surface area (Å²) >= 11 is 0. The van der Waals surface area contributed by atoms with Crippen molar-refractivity contribution in [1.82, 2.24) is 18.7 Å². The van der Waals surface area contributed by atoms with E-state index in [-0.39, 0.29) is 12.1 Å². The lowest BCUT2D eigenvalue weighted by molar-refractivity contribution is 0.412. The number of fused-ring (bicyclic) bond motifs is 1. The van der Waals surface area contributed by atoms with Gasteiger partial charge in [0.25, 0.3) is 5.56 Å². The highest BCUT2D eigenvalue weighted by Gasteiger charge is 2.20. The van der Waals surface area contributed by atoms with E-state index in [1.807, 2.05) is 54.0 Å². The van der Waals surface area contributed by atoms with Crippen LogP contribution in [0.5, 0.6) is 5.75 Å². The van der Waals surface area contributed by atoms with Crippen molar-refractivity contribution in [2.45, 2.75) is 26.4 Å². The van der Waals surface area contributed by atoms with Gasteiger partial charge in [-0.2, -0.15) is 0 Å². The van der Waals surface area contributed by atoms with Gasteiger partial charge in [0.05, 0.1) is 25.7 Å². The first-order valence-corrected chi connectivity index (χ1v) is 9.53. The summed E-state index contributed by atoms with van der Waals surface area (Å²) in [5.74, 6) is 0.533. The summed E-state index contributed by atoms with van der Waals surface area (Å²) in [7, 11) is 1.55. The van der Waals surface area contributed by atoms with Crippen molar-refractivity contribution in [3.05, 3.63) is 87.3 Å². The van der Waals surface area contributed by atoms with Crippen LogP contribution in [-0.2, 0) is 13.1 Å². The lowest BCUT2D eigenvalue weighted by atomic mass is 10.2. The minimum Gasteiger partial charge on any atom is -0.495 e. The number of imidazole rings is 1. The van der Waals surface area contributed by atoms with Crippen LogP contribution in [0.3, 0.4) is 0 Å². The molecule has 0 bridgehead atoms. The number of aromatic nitrogens is 4. The average Bonchev–Trinajstić information content (AvgIpc) is 3.16. The summed E-state index contributed by atoms with van der Waals surface area (Å²) in [5.41, 5.74) is 1.38. The zero-order chi connectivity index (χ0) is 20.4. The Bertz CT molecular complexity index is 1270. The summed E-state index contributed by atoms with van der Waals surface area (Å²) in [4.78, 5) is 31.2. The Morgan fingerprint density at radius 3 is 2.45 bits per heavy atom.